The number of fused-ring (bicyclic) bond motifs is 4. The van der Waals surface area contributed by atoms with Gasteiger partial charge in [-0.05, 0) is 116 Å². The second-order valence-electron chi connectivity index (χ2n) is 17.5. The third-order valence-electron chi connectivity index (χ3n) is 13.4. The maximum absolute atomic E-state index is 12.6. The topological polar surface area (TPSA) is 85.2 Å². The molecule has 1 heterocycles. The van der Waals surface area contributed by atoms with Crippen LogP contribution in [0.2, 0.25) is 0 Å². The number of allylic oxidation sites excluding steroid dienone is 3. The fourth-order valence-electron chi connectivity index (χ4n) is 10.5. The van der Waals surface area contributed by atoms with Crippen molar-refractivity contribution in [3.05, 3.63) is 101 Å². The minimum absolute atomic E-state index is 0.0317. The first-order chi connectivity index (χ1) is 24.7. The highest BCUT2D eigenvalue weighted by Gasteiger charge is 2.64. The van der Waals surface area contributed by atoms with Crippen molar-refractivity contribution in [2.45, 2.75) is 108 Å². The van der Waals surface area contributed by atoms with Gasteiger partial charge in [0, 0.05) is 35.2 Å². The predicted molar refractivity (Wildman–Crippen MR) is 204 cm³/mol. The van der Waals surface area contributed by atoms with Crippen LogP contribution in [0.3, 0.4) is 0 Å². The Bertz CT molecular complexity index is 1810. The van der Waals surface area contributed by atoms with Crippen molar-refractivity contribution in [2.75, 3.05) is 20.3 Å². The molecule has 6 heteroatoms. The van der Waals surface area contributed by atoms with Crippen molar-refractivity contribution in [3.63, 3.8) is 0 Å². The number of carbonyl (C=O) groups is 1. The van der Waals surface area contributed by atoms with Gasteiger partial charge in [0.05, 0.1) is 37.1 Å². The quantitative estimate of drug-likeness (QED) is 0.178. The van der Waals surface area contributed by atoms with Gasteiger partial charge in [-0.1, -0.05) is 75.5 Å². The molecular formula is C46H56O6. The zero-order chi connectivity index (χ0) is 36.9. The summed E-state index contributed by atoms with van der Waals surface area (Å²) in [6.45, 7) is 14.2. The summed E-state index contributed by atoms with van der Waals surface area (Å²) in [7, 11) is 1.38. The van der Waals surface area contributed by atoms with Crippen molar-refractivity contribution in [1.29, 1.82) is 0 Å². The van der Waals surface area contributed by atoms with Crippen molar-refractivity contribution in [1.82, 2.24) is 0 Å². The Labute approximate surface area is 310 Å². The first kappa shape index (κ1) is 36.9. The number of hydrogen-bond acceptors (Lipinski definition) is 6. The predicted octanol–water partition coefficient (Wildman–Crippen LogP) is 8.78. The third-order valence-corrected chi connectivity index (χ3v) is 13.4. The van der Waals surface area contributed by atoms with Crippen LogP contribution in [0.5, 0.6) is 0 Å². The lowest BCUT2D eigenvalue weighted by Gasteiger charge is -2.59. The summed E-state index contributed by atoms with van der Waals surface area (Å²) < 4.78 is 17.8. The summed E-state index contributed by atoms with van der Waals surface area (Å²) in [4.78, 5) is 11.9. The molecule has 0 aromatic heterocycles. The smallest absolute Gasteiger partial charge is 0.337 e. The maximum atomic E-state index is 12.6. The number of hydrogen-bond donors (Lipinski definition) is 2. The number of methoxy groups -OCH3 is 1. The molecular weight excluding hydrogens is 649 g/mol. The van der Waals surface area contributed by atoms with Gasteiger partial charge in [0.25, 0.3) is 0 Å². The van der Waals surface area contributed by atoms with Crippen LogP contribution in [0.1, 0.15) is 118 Å². The average Bonchev–Trinajstić information content (AvgIpc) is 3.39. The molecule has 0 bridgehead atoms. The molecule has 2 aromatic carbocycles. The Balaban J connectivity index is 1.20. The Hall–Kier alpha value is -3.47. The molecule has 276 valence electrons. The molecule has 1 aliphatic heterocycles. The van der Waals surface area contributed by atoms with E-state index in [9.17, 15) is 15.0 Å². The normalized spacial score (nSPS) is 33.7. The molecule has 4 aliphatic carbocycles. The number of benzene rings is 2. The van der Waals surface area contributed by atoms with Gasteiger partial charge in [-0.25, -0.2) is 4.79 Å². The van der Waals surface area contributed by atoms with Crippen LogP contribution in [0.25, 0.3) is 6.08 Å². The number of aliphatic hydroxyl groups is 2. The van der Waals surface area contributed by atoms with Crippen LogP contribution in [0.4, 0.5) is 0 Å². The summed E-state index contributed by atoms with van der Waals surface area (Å²) in [5.41, 5.74) is 4.12. The van der Waals surface area contributed by atoms with Gasteiger partial charge in [-0.3, -0.25) is 0 Å². The summed E-state index contributed by atoms with van der Waals surface area (Å²) in [5, 5.41) is 25.1. The molecule has 52 heavy (non-hydrogen) atoms. The highest BCUT2D eigenvalue weighted by molar-refractivity contribution is 5.90. The minimum Gasteiger partial charge on any atom is -0.465 e. The van der Waals surface area contributed by atoms with Gasteiger partial charge in [-0.15, -0.1) is 6.58 Å². The Kier molecular flexibility index (Phi) is 9.74. The van der Waals surface area contributed by atoms with Crippen LogP contribution in [-0.2, 0) is 14.2 Å². The van der Waals surface area contributed by atoms with Crippen LogP contribution >= 0.6 is 0 Å². The van der Waals surface area contributed by atoms with Gasteiger partial charge >= 0.3 is 5.97 Å². The molecule has 4 fully saturated rings. The van der Waals surface area contributed by atoms with Gasteiger partial charge in [0.2, 0.25) is 0 Å². The van der Waals surface area contributed by atoms with Crippen LogP contribution < -0.4 is 0 Å². The van der Waals surface area contributed by atoms with Crippen molar-refractivity contribution < 1.29 is 29.2 Å². The molecule has 0 radical (unpaired) electrons. The minimum atomic E-state index is -0.960. The second kappa shape index (κ2) is 13.7. The molecule has 7 unspecified atom stereocenters. The monoisotopic (exact) mass is 704 g/mol. The maximum Gasteiger partial charge on any atom is 0.337 e. The number of ether oxygens (including phenoxy) is 3. The lowest BCUT2D eigenvalue weighted by atomic mass is 9.49. The average molecular weight is 705 g/mol. The van der Waals surface area contributed by atoms with E-state index in [4.69, 9.17) is 14.2 Å². The first-order valence-corrected chi connectivity index (χ1v) is 19.3. The fourth-order valence-corrected chi connectivity index (χ4v) is 10.5. The zero-order valence-corrected chi connectivity index (χ0v) is 31.7. The lowest BCUT2D eigenvalue weighted by molar-refractivity contribution is -0.322. The van der Waals surface area contributed by atoms with E-state index in [1.807, 2.05) is 24.3 Å². The fraction of sp³-hybridized carbons (Fsp3) is 0.543. The molecule has 7 rings (SSSR count). The van der Waals surface area contributed by atoms with E-state index in [1.54, 1.807) is 18.2 Å². The highest BCUT2D eigenvalue weighted by Crippen LogP contribution is 2.68. The second-order valence-corrected chi connectivity index (χ2v) is 17.5. The van der Waals surface area contributed by atoms with E-state index in [-0.39, 0.29) is 28.6 Å². The van der Waals surface area contributed by atoms with E-state index in [0.717, 1.165) is 56.1 Å². The van der Waals surface area contributed by atoms with E-state index in [1.165, 1.54) is 23.8 Å². The van der Waals surface area contributed by atoms with Crippen LogP contribution in [0.15, 0.2) is 78.4 Å². The summed E-state index contributed by atoms with van der Waals surface area (Å²) >= 11 is 0. The Morgan fingerprint density at radius 1 is 1.06 bits per heavy atom. The van der Waals surface area contributed by atoms with Crippen molar-refractivity contribution >= 4 is 12.0 Å². The molecule has 1 saturated heterocycles. The molecule has 7 atom stereocenters. The number of rotatable bonds is 6. The van der Waals surface area contributed by atoms with Crippen LogP contribution in [0, 0.1) is 40.4 Å². The van der Waals surface area contributed by atoms with Crippen molar-refractivity contribution in [3.8, 4) is 11.8 Å². The van der Waals surface area contributed by atoms with Gasteiger partial charge < -0.3 is 24.4 Å². The largest absolute Gasteiger partial charge is 0.465 e. The summed E-state index contributed by atoms with van der Waals surface area (Å²) in [5.74, 6) is 6.32. The molecule has 3 saturated carbocycles. The molecule has 1 spiro atoms. The Morgan fingerprint density at radius 2 is 1.81 bits per heavy atom. The number of carbonyl (C=O) groups excluding carboxylic acids is 1. The van der Waals surface area contributed by atoms with Crippen LogP contribution in [-0.4, -0.2) is 53.5 Å². The van der Waals surface area contributed by atoms with E-state index in [0.29, 0.717) is 43.5 Å². The van der Waals surface area contributed by atoms with E-state index < -0.39 is 17.0 Å². The van der Waals surface area contributed by atoms with Gasteiger partial charge in [-0.2, -0.15) is 0 Å². The van der Waals surface area contributed by atoms with E-state index >= 15 is 0 Å². The summed E-state index contributed by atoms with van der Waals surface area (Å²) in [6, 6.07) is 15.9. The zero-order valence-electron chi connectivity index (χ0n) is 31.7. The Morgan fingerprint density at radius 3 is 2.52 bits per heavy atom. The molecule has 2 N–H and O–H groups in total. The lowest BCUT2D eigenvalue weighted by Crippen LogP contribution is -2.58. The SMILES string of the molecule is C=CC(C)CC1(O)CCC2C3CCC4(O)CC5(CCC4=C3C(c3ccc(C#CC=Cc4cccc(C(=O)OC)c4)cc3)CC21C)OCC(C)(C)CO5. The van der Waals surface area contributed by atoms with E-state index in [2.05, 4.69) is 70.4 Å². The first-order valence-electron chi connectivity index (χ1n) is 19.3. The van der Waals surface area contributed by atoms with Gasteiger partial charge in [0.1, 0.15) is 0 Å². The molecule has 0 amide bonds. The van der Waals surface area contributed by atoms with Gasteiger partial charge in [0.15, 0.2) is 5.79 Å². The molecule has 6 nitrogen and oxygen atoms in total. The van der Waals surface area contributed by atoms with Crippen molar-refractivity contribution in [2.24, 2.45) is 28.6 Å². The molecule has 5 aliphatic rings. The molecule has 2 aromatic rings. The third kappa shape index (κ3) is 6.64. The number of esters is 1. The standard InChI is InChI=1S/C46H56O6/c1-7-31(2)26-45(49)23-20-38-36-19-22-44(48)28-46(51-29-42(3,4)30-52-46)24-21-39(44)40(36)37(27-43(38,45)5)34-17-15-32(16-18-34)11-8-9-12-33-13-10-14-35(25-33)41(47)50-6/h7,9-10,12-18,25,31,36-38,48-49H,1,19-24,26-30H2,2-6H3. The summed E-state index contributed by atoms with van der Waals surface area (Å²) in [6.07, 6.45) is 12.6. The highest BCUT2D eigenvalue weighted by atomic mass is 16.7.